The van der Waals surface area contributed by atoms with E-state index in [0.717, 1.165) is 11.3 Å². The first kappa shape index (κ1) is 11.0. The summed E-state index contributed by atoms with van der Waals surface area (Å²) in [6.07, 6.45) is 3.41. The molecule has 16 heavy (non-hydrogen) atoms. The average Bonchev–Trinajstić information content (AvgIpc) is 2.74. The Morgan fingerprint density at radius 2 is 2.31 bits per heavy atom. The molecule has 0 radical (unpaired) electrons. The zero-order valence-electron chi connectivity index (χ0n) is 8.67. The zero-order chi connectivity index (χ0) is 11.5. The third-order valence-electron chi connectivity index (χ3n) is 2.33. The standard InChI is InChI=1S/C11H11ClFN3/c1-7(16-9-5-14-15-6-9)8-2-3-10(12)11(13)4-8/h2-7,16H,1H3,(H,14,15). The SMILES string of the molecule is CC(Nc1cn[nH]c1)c1ccc(Cl)c(F)c1. The van der Waals surface area contributed by atoms with E-state index >= 15 is 0 Å². The number of nitrogens with zero attached hydrogens (tertiary/aromatic N) is 1. The number of anilines is 1. The summed E-state index contributed by atoms with van der Waals surface area (Å²) in [5, 5.41) is 9.84. The van der Waals surface area contributed by atoms with Crippen LogP contribution in [-0.2, 0) is 0 Å². The fourth-order valence-electron chi connectivity index (χ4n) is 1.44. The predicted molar refractivity (Wildman–Crippen MR) is 62.0 cm³/mol. The second kappa shape index (κ2) is 4.53. The number of benzene rings is 1. The molecule has 0 spiro atoms. The lowest BCUT2D eigenvalue weighted by molar-refractivity contribution is 0.624. The van der Waals surface area contributed by atoms with Crippen molar-refractivity contribution in [3.8, 4) is 0 Å². The van der Waals surface area contributed by atoms with Crippen molar-refractivity contribution in [2.75, 3.05) is 5.32 Å². The highest BCUT2D eigenvalue weighted by Crippen LogP contribution is 2.22. The van der Waals surface area contributed by atoms with E-state index in [1.807, 2.05) is 6.92 Å². The average molecular weight is 240 g/mol. The molecule has 0 bridgehead atoms. The molecule has 5 heteroatoms. The molecule has 1 unspecified atom stereocenters. The number of hydrogen-bond donors (Lipinski definition) is 2. The Labute approximate surface area is 97.6 Å². The van der Waals surface area contributed by atoms with Crippen molar-refractivity contribution in [1.29, 1.82) is 0 Å². The lowest BCUT2D eigenvalue weighted by Gasteiger charge is -2.14. The predicted octanol–water partition coefficient (Wildman–Crippen LogP) is 3.38. The summed E-state index contributed by atoms with van der Waals surface area (Å²) in [6, 6.07) is 4.77. The molecule has 2 aromatic rings. The Balaban J connectivity index is 2.14. The van der Waals surface area contributed by atoms with Crippen LogP contribution < -0.4 is 5.32 Å². The van der Waals surface area contributed by atoms with Gasteiger partial charge in [0.05, 0.1) is 16.9 Å². The van der Waals surface area contributed by atoms with Gasteiger partial charge in [0.1, 0.15) is 5.82 Å². The van der Waals surface area contributed by atoms with Gasteiger partial charge in [0.2, 0.25) is 0 Å². The maximum atomic E-state index is 13.2. The summed E-state index contributed by atoms with van der Waals surface area (Å²) in [7, 11) is 0. The number of hydrogen-bond acceptors (Lipinski definition) is 2. The first-order valence-corrected chi connectivity index (χ1v) is 5.25. The number of aromatic amines is 1. The third-order valence-corrected chi connectivity index (χ3v) is 2.63. The van der Waals surface area contributed by atoms with Gasteiger partial charge < -0.3 is 5.32 Å². The van der Waals surface area contributed by atoms with Crippen LogP contribution in [0.15, 0.2) is 30.6 Å². The Morgan fingerprint density at radius 3 is 2.94 bits per heavy atom. The maximum absolute atomic E-state index is 13.2. The Bertz CT molecular complexity index is 470. The van der Waals surface area contributed by atoms with Crippen LogP contribution >= 0.6 is 11.6 Å². The van der Waals surface area contributed by atoms with Crippen molar-refractivity contribution in [3.05, 3.63) is 47.0 Å². The molecule has 1 aromatic carbocycles. The van der Waals surface area contributed by atoms with Crippen molar-refractivity contribution < 1.29 is 4.39 Å². The van der Waals surface area contributed by atoms with Crippen LogP contribution in [0.25, 0.3) is 0 Å². The summed E-state index contributed by atoms with van der Waals surface area (Å²) in [5.74, 6) is -0.403. The van der Waals surface area contributed by atoms with Crippen LogP contribution in [0.2, 0.25) is 5.02 Å². The highest BCUT2D eigenvalue weighted by atomic mass is 35.5. The van der Waals surface area contributed by atoms with E-state index in [9.17, 15) is 4.39 Å². The van der Waals surface area contributed by atoms with Gasteiger partial charge in [-0.15, -0.1) is 0 Å². The quantitative estimate of drug-likeness (QED) is 0.862. The molecule has 0 fully saturated rings. The molecule has 1 heterocycles. The van der Waals surface area contributed by atoms with Crippen molar-refractivity contribution in [2.24, 2.45) is 0 Å². The molecule has 3 nitrogen and oxygen atoms in total. The molecule has 0 aliphatic carbocycles. The first-order valence-electron chi connectivity index (χ1n) is 4.87. The second-order valence-electron chi connectivity index (χ2n) is 3.53. The largest absolute Gasteiger partial charge is 0.376 e. The van der Waals surface area contributed by atoms with Gasteiger partial charge in [-0.25, -0.2) is 4.39 Å². The topological polar surface area (TPSA) is 40.7 Å². The third kappa shape index (κ3) is 2.33. The smallest absolute Gasteiger partial charge is 0.142 e. The normalized spacial score (nSPS) is 12.4. The molecule has 0 aliphatic rings. The summed E-state index contributed by atoms with van der Waals surface area (Å²) in [6.45, 7) is 1.94. The minimum atomic E-state index is -0.403. The summed E-state index contributed by atoms with van der Waals surface area (Å²) in [4.78, 5) is 0. The summed E-state index contributed by atoms with van der Waals surface area (Å²) >= 11 is 5.62. The molecule has 1 atom stereocenters. The van der Waals surface area contributed by atoms with E-state index < -0.39 is 5.82 Å². The zero-order valence-corrected chi connectivity index (χ0v) is 9.42. The van der Waals surface area contributed by atoms with E-state index in [0.29, 0.717) is 0 Å². The van der Waals surface area contributed by atoms with Crippen molar-refractivity contribution in [1.82, 2.24) is 10.2 Å². The molecule has 0 saturated heterocycles. The molecule has 2 N–H and O–H groups in total. The van der Waals surface area contributed by atoms with Crippen LogP contribution in [0, 0.1) is 5.82 Å². The van der Waals surface area contributed by atoms with Crippen molar-refractivity contribution in [3.63, 3.8) is 0 Å². The molecule has 0 aliphatic heterocycles. The number of nitrogens with one attached hydrogen (secondary N) is 2. The second-order valence-corrected chi connectivity index (χ2v) is 3.93. The van der Waals surface area contributed by atoms with Crippen molar-refractivity contribution in [2.45, 2.75) is 13.0 Å². The van der Waals surface area contributed by atoms with Crippen molar-refractivity contribution >= 4 is 17.3 Å². The van der Waals surface area contributed by atoms with Gasteiger partial charge in [0.25, 0.3) is 0 Å². The van der Waals surface area contributed by atoms with Gasteiger partial charge in [0.15, 0.2) is 0 Å². The lowest BCUT2D eigenvalue weighted by atomic mass is 10.1. The van der Waals surface area contributed by atoms with Crippen LogP contribution in [0.5, 0.6) is 0 Å². The number of rotatable bonds is 3. The maximum Gasteiger partial charge on any atom is 0.142 e. The summed E-state index contributed by atoms with van der Waals surface area (Å²) < 4.78 is 13.2. The van der Waals surface area contributed by atoms with E-state index in [1.165, 1.54) is 6.07 Å². The number of H-pyrrole nitrogens is 1. The Kier molecular flexibility index (Phi) is 3.10. The van der Waals surface area contributed by atoms with Gasteiger partial charge in [-0.2, -0.15) is 5.10 Å². The fraction of sp³-hybridized carbons (Fsp3) is 0.182. The molecule has 2 rings (SSSR count). The van der Waals surface area contributed by atoms with Gasteiger partial charge in [-0.1, -0.05) is 17.7 Å². The van der Waals surface area contributed by atoms with Crippen LogP contribution in [0.1, 0.15) is 18.5 Å². The van der Waals surface area contributed by atoms with E-state index in [1.54, 1.807) is 24.5 Å². The molecule has 84 valence electrons. The van der Waals surface area contributed by atoms with E-state index in [2.05, 4.69) is 15.5 Å². The molecule has 1 aromatic heterocycles. The van der Waals surface area contributed by atoms with E-state index in [4.69, 9.17) is 11.6 Å². The monoisotopic (exact) mass is 239 g/mol. The first-order chi connectivity index (χ1) is 7.66. The lowest BCUT2D eigenvalue weighted by Crippen LogP contribution is -2.06. The van der Waals surface area contributed by atoms with Gasteiger partial charge >= 0.3 is 0 Å². The molecule has 0 amide bonds. The molecule has 0 saturated carbocycles. The fourth-order valence-corrected chi connectivity index (χ4v) is 1.56. The summed E-state index contributed by atoms with van der Waals surface area (Å²) in [5.41, 5.74) is 1.70. The highest BCUT2D eigenvalue weighted by Gasteiger charge is 2.08. The Hall–Kier alpha value is -1.55. The number of aromatic nitrogens is 2. The molecular weight excluding hydrogens is 229 g/mol. The minimum absolute atomic E-state index is 0.00985. The van der Waals surface area contributed by atoms with Crippen LogP contribution in [0.3, 0.4) is 0 Å². The van der Waals surface area contributed by atoms with Gasteiger partial charge in [-0.3, -0.25) is 5.10 Å². The van der Waals surface area contributed by atoms with Crippen LogP contribution in [-0.4, -0.2) is 10.2 Å². The minimum Gasteiger partial charge on any atom is -0.376 e. The van der Waals surface area contributed by atoms with E-state index in [-0.39, 0.29) is 11.1 Å². The van der Waals surface area contributed by atoms with Gasteiger partial charge in [0, 0.05) is 12.2 Å². The van der Waals surface area contributed by atoms with Crippen LogP contribution in [0.4, 0.5) is 10.1 Å². The molecular formula is C11H11ClFN3. The highest BCUT2D eigenvalue weighted by molar-refractivity contribution is 6.30. The van der Waals surface area contributed by atoms with Gasteiger partial charge in [-0.05, 0) is 24.6 Å². The Morgan fingerprint density at radius 1 is 1.50 bits per heavy atom. The number of halogens is 2.